The van der Waals surface area contributed by atoms with Gasteiger partial charge in [0.25, 0.3) is 0 Å². The Balaban J connectivity index is 1.54. The standard InChI is InChI=1S/C31H45NO3/c1-19-18-24-29(5,15-14-25(33)32(24)7)22-12-16-30(6)23(26(19)22)13-17-31(30,27(34)35)21-10-8-20(9-11-21)28(2,3)4/h8-11,19,22-24,26H,12-18H2,1-7H3,(H,34,35)/t19?,22-,23+,24?,26-,29-,30+,31?/m1/s1. The van der Waals surface area contributed by atoms with Crippen molar-refractivity contribution in [3.05, 3.63) is 35.4 Å². The molecule has 4 fully saturated rings. The second-order valence-corrected chi connectivity index (χ2v) is 14.1. The van der Waals surface area contributed by atoms with Crippen LogP contribution in [0.15, 0.2) is 24.3 Å². The van der Waals surface area contributed by atoms with E-state index >= 15 is 0 Å². The smallest absolute Gasteiger partial charge is 0.314 e. The molecule has 5 rings (SSSR count). The first-order valence-corrected chi connectivity index (χ1v) is 13.9. The number of carbonyl (C=O) groups excluding carboxylic acids is 1. The van der Waals surface area contributed by atoms with Crippen molar-refractivity contribution in [2.45, 2.75) is 103 Å². The highest BCUT2D eigenvalue weighted by molar-refractivity contribution is 5.83. The molecule has 1 aliphatic heterocycles. The number of rotatable bonds is 2. The van der Waals surface area contributed by atoms with E-state index in [0.717, 1.165) is 44.1 Å². The molecular formula is C31H45NO3. The summed E-state index contributed by atoms with van der Waals surface area (Å²) in [6.07, 6.45) is 6.44. The van der Waals surface area contributed by atoms with Crippen LogP contribution in [0.25, 0.3) is 0 Å². The van der Waals surface area contributed by atoms with E-state index in [1.54, 1.807) is 0 Å². The zero-order valence-corrected chi connectivity index (χ0v) is 22.9. The lowest BCUT2D eigenvalue weighted by atomic mass is 9.43. The quantitative estimate of drug-likeness (QED) is 0.533. The summed E-state index contributed by atoms with van der Waals surface area (Å²) in [4.78, 5) is 27.8. The van der Waals surface area contributed by atoms with Gasteiger partial charge in [-0.1, -0.05) is 65.8 Å². The third-order valence-electron chi connectivity index (χ3n) is 11.7. The van der Waals surface area contributed by atoms with Gasteiger partial charge in [0.05, 0.1) is 5.41 Å². The normalized spacial score (nSPS) is 43.3. The SMILES string of the molecule is CC1CC2N(C)C(=O)CC[C@]2(C)[C@@H]2CC[C@@]3(C)[C@@H](CCC3(C(=O)O)c3ccc(C(C)(C)C)cc3)[C@H]12. The molecule has 4 aliphatic rings. The van der Waals surface area contributed by atoms with Crippen LogP contribution in [0.2, 0.25) is 0 Å². The van der Waals surface area contributed by atoms with Crippen LogP contribution >= 0.6 is 0 Å². The number of likely N-dealkylation sites (tertiary alicyclic amines) is 1. The minimum Gasteiger partial charge on any atom is -0.481 e. The molecule has 0 aromatic heterocycles. The van der Waals surface area contributed by atoms with Crippen LogP contribution in [0.1, 0.15) is 97.6 Å². The molecule has 35 heavy (non-hydrogen) atoms. The van der Waals surface area contributed by atoms with Crippen molar-refractivity contribution >= 4 is 11.9 Å². The molecule has 1 amide bonds. The average molecular weight is 480 g/mol. The molecule has 8 atom stereocenters. The van der Waals surface area contributed by atoms with Gasteiger partial charge in [-0.05, 0) is 89.6 Å². The molecule has 0 radical (unpaired) electrons. The van der Waals surface area contributed by atoms with Gasteiger partial charge < -0.3 is 10.0 Å². The van der Waals surface area contributed by atoms with Crippen molar-refractivity contribution in [3.63, 3.8) is 0 Å². The van der Waals surface area contributed by atoms with Crippen molar-refractivity contribution < 1.29 is 14.7 Å². The summed E-state index contributed by atoms with van der Waals surface area (Å²) in [6.45, 7) is 13.8. The minimum absolute atomic E-state index is 0.0488. The number of nitrogens with zero attached hydrogens (tertiary/aromatic N) is 1. The van der Waals surface area contributed by atoms with Gasteiger partial charge in [-0.3, -0.25) is 9.59 Å². The Morgan fingerprint density at radius 3 is 2.26 bits per heavy atom. The first-order chi connectivity index (χ1) is 16.3. The van der Waals surface area contributed by atoms with Crippen molar-refractivity contribution in [1.82, 2.24) is 4.90 Å². The number of carboxylic acids is 1. The number of carboxylic acid groups (broad SMARTS) is 1. The first-order valence-electron chi connectivity index (χ1n) is 13.9. The maximum Gasteiger partial charge on any atom is 0.314 e. The molecule has 4 nitrogen and oxygen atoms in total. The van der Waals surface area contributed by atoms with Crippen LogP contribution < -0.4 is 0 Å². The summed E-state index contributed by atoms with van der Waals surface area (Å²) in [7, 11) is 2.01. The topological polar surface area (TPSA) is 57.6 Å². The third kappa shape index (κ3) is 3.23. The molecule has 1 heterocycles. The highest BCUT2D eigenvalue weighted by Crippen LogP contribution is 2.70. The largest absolute Gasteiger partial charge is 0.481 e. The monoisotopic (exact) mass is 479 g/mol. The van der Waals surface area contributed by atoms with E-state index in [4.69, 9.17) is 0 Å². The molecule has 1 N–H and O–H groups in total. The summed E-state index contributed by atoms with van der Waals surface area (Å²) in [5, 5.41) is 10.9. The highest BCUT2D eigenvalue weighted by atomic mass is 16.4. The zero-order valence-electron chi connectivity index (χ0n) is 22.9. The molecular weight excluding hydrogens is 434 g/mol. The van der Waals surface area contributed by atoms with E-state index in [-0.39, 0.29) is 16.2 Å². The second kappa shape index (κ2) is 7.83. The lowest BCUT2D eigenvalue weighted by Gasteiger charge is -2.64. The second-order valence-electron chi connectivity index (χ2n) is 14.1. The lowest BCUT2D eigenvalue weighted by Crippen LogP contribution is -2.64. The van der Waals surface area contributed by atoms with Crippen LogP contribution in [-0.2, 0) is 20.4 Å². The van der Waals surface area contributed by atoms with Gasteiger partial charge in [0.15, 0.2) is 0 Å². The maximum atomic E-state index is 13.2. The summed E-state index contributed by atoms with van der Waals surface area (Å²) in [6, 6.07) is 8.88. The van der Waals surface area contributed by atoms with Gasteiger partial charge >= 0.3 is 5.97 Å². The first kappa shape index (κ1) is 24.8. The van der Waals surface area contributed by atoms with E-state index in [1.165, 1.54) is 5.56 Å². The number of piperidine rings is 1. The van der Waals surface area contributed by atoms with Crippen LogP contribution in [0, 0.1) is 34.5 Å². The van der Waals surface area contributed by atoms with E-state index < -0.39 is 11.4 Å². The number of fused-ring (bicyclic) bond motifs is 5. The van der Waals surface area contributed by atoms with Crippen molar-refractivity contribution in [3.8, 4) is 0 Å². The summed E-state index contributed by atoms with van der Waals surface area (Å²) in [5.41, 5.74) is 1.36. The zero-order chi connectivity index (χ0) is 25.6. The number of benzene rings is 1. The lowest BCUT2D eigenvalue weighted by molar-refractivity contribution is -0.173. The number of hydrogen-bond donors (Lipinski definition) is 1. The molecule has 1 saturated heterocycles. The molecule has 0 bridgehead atoms. The van der Waals surface area contributed by atoms with E-state index in [1.807, 2.05) is 7.05 Å². The molecule has 3 aliphatic carbocycles. The fourth-order valence-corrected chi connectivity index (χ4v) is 9.71. The molecule has 0 spiro atoms. The maximum absolute atomic E-state index is 13.2. The molecule has 3 unspecified atom stereocenters. The molecule has 192 valence electrons. The predicted molar refractivity (Wildman–Crippen MR) is 139 cm³/mol. The number of hydrogen-bond acceptors (Lipinski definition) is 2. The van der Waals surface area contributed by atoms with Crippen LogP contribution in [-0.4, -0.2) is 35.0 Å². The van der Waals surface area contributed by atoms with Crippen molar-refractivity contribution in [1.29, 1.82) is 0 Å². The Hall–Kier alpha value is -1.84. The van der Waals surface area contributed by atoms with Crippen LogP contribution in [0.3, 0.4) is 0 Å². The number of amides is 1. The molecule has 1 aromatic carbocycles. The highest BCUT2D eigenvalue weighted by Gasteiger charge is 2.69. The Morgan fingerprint density at radius 2 is 1.66 bits per heavy atom. The molecule has 4 heteroatoms. The molecule has 3 saturated carbocycles. The van der Waals surface area contributed by atoms with Crippen LogP contribution in [0.5, 0.6) is 0 Å². The Kier molecular flexibility index (Phi) is 5.55. The number of carbonyl (C=O) groups is 2. The van der Waals surface area contributed by atoms with Crippen molar-refractivity contribution in [2.24, 2.45) is 34.5 Å². The summed E-state index contributed by atoms with van der Waals surface area (Å²) < 4.78 is 0. The third-order valence-corrected chi connectivity index (χ3v) is 11.7. The fraction of sp³-hybridized carbons (Fsp3) is 0.742. The van der Waals surface area contributed by atoms with Gasteiger partial charge in [0.1, 0.15) is 0 Å². The Labute approximate surface area is 211 Å². The summed E-state index contributed by atoms with van der Waals surface area (Å²) in [5.74, 6) is 1.67. The van der Waals surface area contributed by atoms with E-state index in [9.17, 15) is 14.7 Å². The van der Waals surface area contributed by atoms with Crippen LogP contribution in [0.4, 0.5) is 0 Å². The van der Waals surface area contributed by atoms with Gasteiger partial charge in [-0.2, -0.15) is 0 Å². The Bertz CT molecular complexity index is 1020. The minimum atomic E-state index is -0.824. The van der Waals surface area contributed by atoms with E-state index in [2.05, 4.69) is 70.7 Å². The van der Waals surface area contributed by atoms with Gasteiger partial charge in [0.2, 0.25) is 5.91 Å². The van der Waals surface area contributed by atoms with Gasteiger partial charge in [-0.25, -0.2) is 0 Å². The van der Waals surface area contributed by atoms with Gasteiger partial charge in [0, 0.05) is 19.5 Å². The predicted octanol–water partition coefficient (Wildman–Crippen LogP) is 6.42. The van der Waals surface area contributed by atoms with E-state index in [0.29, 0.717) is 42.0 Å². The molecule has 1 aromatic rings. The number of aliphatic carboxylic acids is 1. The summed E-state index contributed by atoms with van der Waals surface area (Å²) >= 11 is 0. The Morgan fingerprint density at radius 1 is 1.03 bits per heavy atom. The average Bonchev–Trinajstić information content (AvgIpc) is 3.11. The van der Waals surface area contributed by atoms with Gasteiger partial charge in [-0.15, -0.1) is 0 Å². The fourth-order valence-electron chi connectivity index (χ4n) is 9.71. The van der Waals surface area contributed by atoms with Crippen molar-refractivity contribution in [2.75, 3.05) is 7.05 Å².